The molecule has 1 amide bonds. The van der Waals surface area contributed by atoms with Crippen LogP contribution in [0.4, 0.5) is 5.13 Å². The largest absolute Gasteiger partial charge is 0.411 e. The second-order valence-electron chi connectivity index (χ2n) is 5.89. The summed E-state index contributed by atoms with van der Waals surface area (Å²) in [6.07, 6.45) is 0. The van der Waals surface area contributed by atoms with Crippen LogP contribution in [0.2, 0.25) is 0 Å². The van der Waals surface area contributed by atoms with Crippen LogP contribution in [0.5, 0.6) is 0 Å². The Morgan fingerprint density at radius 1 is 1.04 bits per heavy atom. The fourth-order valence-electron chi connectivity index (χ4n) is 2.44. The molecule has 2 aromatic heterocycles. The van der Waals surface area contributed by atoms with E-state index < -0.39 is 5.25 Å². The highest BCUT2D eigenvalue weighted by Gasteiger charge is 2.20. The molecule has 0 aliphatic carbocycles. The van der Waals surface area contributed by atoms with E-state index in [1.165, 1.54) is 23.1 Å². The quantitative estimate of drug-likeness (QED) is 0.453. The van der Waals surface area contributed by atoms with E-state index in [9.17, 15) is 4.79 Å². The van der Waals surface area contributed by atoms with E-state index in [2.05, 4.69) is 20.5 Å². The van der Waals surface area contributed by atoms with Gasteiger partial charge in [0.15, 0.2) is 5.13 Å². The Hall–Kier alpha value is -2.97. The zero-order valence-electron chi connectivity index (χ0n) is 14.9. The third kappa shape index (κ3) is 4.29. The molecular weight excluding hydrogens is 392 g/mol. The summed E-state index contributed by atoms with van der Waals surface area (Å²) < 4.78 is 5.65. The molecule has 0 spiro atoms. The SMILES string of the molecule is C[C@H](Sc1nnc(-c2ccccc2)o1)C(=O)Nc1nc(-c2ccccc2)cs1. The molecule has 140 valence electrons. The van der Waals surface area contributed by atoms with E-state index in [-0.39, 0.29) is 5.91 Å². The first-order valence-electron chi connectivity index (χ1n) is 8.56. The van der Waals surface area contributed by atoms with Crippen LogP contribution in [0.1, 0.15) is 6.92 Å². The number of carbonyl (C=O) groups is 1. The van der Waals surface area contributed by atoms with Crippen molar-refractivity contribution in [2.75, 3.05) is 5.32 Å². The van der Waals surface area contributed by atoms with Crippen molar-refractivity contribution in [3.05, 3.63) is 66.0 Å². The molecule has 4 rings (SSSR count). The second-order valence-corrected chi connectivity index (χ2v) is 8.04. The van der Waals surface area contributed by atoms with E-state index >= 15 is 0 Å². The van der Waals surface area contributed by atoms with Crippen LogP contribution in [0.25, 0.3) is 22.7 Å². The molecular formula is C20H16N4O2S2. The van der Waals surface area contributed by atoms with Crippen molar-refractivity contribution in [2.45, 2.75) is 17.4 Å². The highest BCUT2D eigenvalue weighted by atomic mass is 32.2. The van der Waals surface area contributed by atoms with Gasteiger partial charge in [-0.25, -0.2) is 4.98 Å². The lowest BCUT2D eigenvalue weighted by molar-refractivity contribution is -0.115. The summed E-state index contributed by atoms with van der Waals surface area (Å²) in [7, 11) is 0. The molecule has 0 saturated carbocycles. The summed E-state index contributed by atoms with van der Waals surface area (Å²) in [6.45, 7) is 1.79. The summed E-state index contributed by atoms with van der Waals surface area (Å²) in [5, 5.41) is 13.3. The third-order valence-electron chi connectivity index (χ3n) is 3.88. The Balaban J connectivity index is 1.38. The molecule has 4 aromatic rings. The van der Waals surface area contributed by atoms with Gasteiger partial charge in [0, 0.05) is 16.5 Å². The van der Waals surface area contributed by atoms with Gasteiger partial charge in [-0.1, -0.05) is 60.3 Å². The zero-order valence-corrected chi connectivity index (χ0v) is 16.5. The summed E-state index contributed by atoms with van der Waals surface area (Å²) in [4.78, 5) is 17.0. The van der Waals surface area contributed by atoms with E-state index in [0.29, 0.717) is 16.2 Å². The lowest BCUT2D eigenvalue weighted by Crippen LogP contribution is -2.22. The molecule has 28 heavy (non-hydrogen) atoms. The van der Waals surface area contributed by atoms with Crippen molar-refractivity contribution in [2.24, 2.45) is 0 Å². The summed E-state index contributed by atoms with van der Waals surface area (Å²) in [6, 6.07) is 19.4. The first-order valence-corrected chi connectivity index (χ1v) is 10.3. The van der Waals surface area contributed by atoms with Crippen LogP contribution >= 0.6 is 23.1 Å². The van der Waals surface area contributed by atoms with E-state index in [1.54, 1.807) is 6.92 Å². The number of thioether (sulfide) groups is 1. The van der Waals surface area contributed by atoms with Crippen LogP contribution in [0.3, 0.4) is 0 Å². The molecule has 0 unspecified atom stereocenters. The molecule has 0 radical (unpaired) electrons. The number of anilines is 1. The van der Waals surface area contributed by atoms with Gasteiger partial charge in [0.05, 0.1) is 10.9 Å². The number of nitrogens with zero attached hydrogens (tertiary/aromatic N) is 3. The van der Waals surface area contributed by atoms with Gasteiger partial charge in [-0.05, 0) is 19.1 Å². The molecule has 0 aliphatic heterocycles. The monoisotopic (exact) mass is 408 g/mol. The predicted molar refractivity (Wildman–Crippen MR) is 111 cm³/mol. The van der Waals surface area contributed by atoms with Crippen molar-refractivity contribution in [3.63, 3.8) is 0 Å². The van der Waals surface area contributed by atoms with Crippen molar-refractivity contribution >= 4 is 34.1 Å². The normalized spacial score (nSPS) is 11.9. The van der Waals surface area contributed by atoms with Gasteiger partial charge in [0.25, 0.3) is 5.22 Å². The minimum Gasteiger partial charge on any atom is -0.411 e. The molecule has 8 heteroatoms. The van der Waals surface area contributed by atoms with Crippen molar-refractivity contribution < 1.29 is 9.21 Å². The molecule has 0 fully saturated rings. The fraction of sp³-hybridized carbons (Fsp3) is 0.100. The van der Waals surface area contributed by atoms with Crippen LogP contribution in [0.15, 0.2) is 75.7 Å². The number of aromatic nitrogens is 3. The number of carbonyl (C=O) groups excluding carboxylic acids is 1. The molecule has 0 aliphatic rings. The predicted octanol–water partition coefficient (Wildman–Crippen LogP) is 4.98. The van der Waals surface area contributed by atoms with Crippen molar-refractivity contribution in [1.29, 1.82) is 0 Å². The molecule has 6 nitrogen and oxygen atoms in total. The number of amides is 1. The Bertz CT molecular complexity index is 1060. The third-order valence-corrected chi connectivity index (χ3v) is 5.57. The van der Waals surface area contributed by atoms with Gasteiger partial charge in [0.1, 0.15) is 0 Å². The van der Waals surface area contributed by atoms with E-state index in [1.807, 2.05) is 66.0 Å². The molecule has 0 bridgehead atoms. The lowest BCUT2D eigenvalue weighted by Gasteiger charge is -2.07. The maximum atomic E-state index is 12.5. The maximum Gasteiger partial charge on any atom is 0.277 e. The lowest BCUT2D eigenvalue weighted by atomic mass is 10.2. The summed E-state index contributed by atoms with van der Waals surface area (Å²) in [5.41, 5.74) is 2.70. The number of hydrogen-bond donors (Lipinski definition) is 1. The van der Waals surface area contributed by atoms with Crippen LogP contribution in [0, 0.1) is 0 Å². The smallest absolute Gasteiger partial charge is 0.277 e. The molecule has 2 aromatic carbocycles. The maximum absolute atomic E-state index is 12.5. The van der Waals surface area contributed by atoms with Crippen molar-refractivity contribution in [3.8, 4) is 22.7 Å². The Labute approximate surface area is 170 Å². The summed E-state index contributed by atoms with van der Waals surface area (Å²) in [5.74, 6) is 0.265. The second kappa shape index (κ2) is 8.37. The van der Waals surface area contributed by atoms with Crippen LogP contribution < -0.4 is 5.32 Å². The molecule has 1 N–H and O–H groups in total. The Morgan fingerprint density at radius 2 is 1.71 bits per heavy atom. The zero-order chi connectivity index (χ0) is 19.3. The first kappa shape index (κ1) is 18.4. The Kier molecular flexibility index (Phi) is 5.50. The van der Waals surface area contributed by atoms with Gasteiger partial charge >= 0.3 is 0 Å². The van der Waals surface area contributed by atoms with Gasteiger partial charge in [-0.3, -0.25) is 4.79 Å². The van der Waals surface area contributed by atoms with E-state index in [4.69, 9.17) is 4.42 Å². The topological polar surface area (TPSA) is 80.9 Å². The van der Waals surface area contributed by atoms with Gasteiger partial charge in [0.2, 0.25) is 11.8 Å². The highest BCUT2D eigenvalue weighted by Crippen LogP contribution is 2.28. The molecule has 0 saturated heterocycles. The van der Waals surface area contributed by atoms with Gasteiger partial charge in [-0.15, -0.1) is 21.5 Å². The minimum atomic E-state index is -0.409. The standard InChI is InChI=1S/C20H16N4O2S2/c1-13(28-20-24-23-18(26-20)15-10-6-3-7-11-15)17(25)22-19-21-16(12-27-19)14-8-4-2-5-9-14/h2-13H,1H3,(H,21,22,25)/t13-/m0/s1. The Morgan fingerprint density at radius 3 is 2.43 bits per heavy atom. The molecule has 1 atom stereocenters. The number of thiazole rings is 1. The van der Waals surface area contributed by atoms with Crippen LogP contribution in [-0.4, -0.2) is 26.3 Å². The molecule has 2 heterocycles. The van der Waals surface area contributed by atoms with Gasteiger partial charge < -0.3 is 9.73 Å². The minimum absolute atomic E-state index is 0.168. The highest BCUT2D eigenvalue weighted by molar-refractivity contribution is 8.00. The van der Waals surface area contributed by atoms with E-state index in [0.717, 1.165) is 16.8 Å². The van der Waals surface area contributed by atoms with Crippen LogP contribution in [-0.2, 0) is 4.79 Å². The number of rotatable bonds is 6. The average Bonchev–Trinajstić information content (AvgIpc) is 3.39. The number of benzene rings is 2. The average molecular weight is 409 g/mol. The van der Waals surface area contributed by atoms with Gasteiger partial charge in [-0.2, -0.15) is 0 Å². The number of hydrogen-bond acceptors (Lipinski definition) is 7. The first-order chi connectivity index (χ1) is 13.7. The number of nitrogens with one attached hydrogen (secondary N) is 1. The fourth-order valence-corrected chi connectivity index (χ4v) is 3.85. The van der Waals surface area contributed by atoms with Crippen molar-refractivity contribution in [1.82, 2.24) is 15.2 Å². The summed E-state index contributed by atoms with van der Waals surface area (Å²) >= 11 is 2.61.